The van der Waals surface area contributed by atoms with Crippen molar-refractivity contribution in [2.24, 2.45) is 0 Å². The summed E-state index contributed by atoms with van der Waals surface area (Å²) >= 11 is 2.26. The number of hydrogen-bond acceptors (Lipinski definition) is 1. The number of H-pyrrole nitrogens is 1. The third-order valence-electron chi connectivity index (χ3n) is 2.32. The topological polar surface area (TPSA) is 28.7 Å². The number of benzene rings is 1. The standard InChI is InChI=1S/C11H11IN2/c1-7-5-3-4-6-9(7)10-8(2)13-14-11(10)12/h3-6H,1-2H3,(H,13,14). The highest BCUT2D eigenvalue weighted by Gasteiger charge is 2.11. The van der Waals surface area contributed by atoms with E-state index in [-0.39, 0.29) is 0 Å². The highest BCUT2D eigenvalue weighted by atomic mass is 127. The fraction of sp³-hybridized carbons (Fsp3) is 0.182. The molecule has 14 heavy (non-hydrogen) atoms. The fourth-order valence-corrected chi connectivity index (χ4v) is 2.38. The number of aromatic amines is 1. The maximum Gasteiger partial charge on any atom is 0.131 e. The molecule has 0 aliphatic rings. The number of halogens is 1. The van der Waals surface area contributed by atoms with Crippen LogP contribution in [0.5, 0.6) is 0 Å². The zero-order valence-corrected chi connectivity index (χ0v) is 10.3. The van der Waals surface area contributed by atoms with Gasteiger partial charge in [-0.15, -0.1) is 0 Å². The molecule has 0 radical (unpaired) electrons. The highest BCUT2D eigenvalue weighted by Crippen LogP contribution is 2.28. The van der Waals surface area contributed by atoms with Gasteiger partial charge in [0.2, 0.25) is 0 Å². The second-order valence-corrected chi connectivity index (χ2v) is 4.35. The molecule has 0 saturated heterocycles. The van der Waals surface area contributed by atoms with Gasteiger partial charge in [0.15, 0.2) is 0 Å². The van der Waals surface area contributed by atoms with E-state index in [9.17, 15) is 0 Å². The predicted octanol–water partition coefficient (Wildman–Crippen LogP) is 3.30. The summed E-state index contributed by atoms with van der Waals surface area (Å²) in [6.07, 6.45) is 0. The average Bonchev–Trinajstić information content (AvgIpc) is 2.48. The van der Waals surface area contributed by atoms with Gasteiger partial charge in [-0.05, 0) is 47.6 Å². The molecule has 0 atom stereocenters. The summed E-state index contributed by atoms with van der Waals surface area (Å²) < 4.78 is 1.04. The van der Waals surface area contributed by atoms with Gasteiger partial charge in [-0.1, -0.05) is 24.3 Å². The number of rotatable bonds is 1. The van der Waals surface area contributed by atoms with Crippen molar-refractivity contribution in [3.8, 4) is 11.1 Å². The maximum absolute atomic E-state index is 4.20. The number of aryl methyl sites for hydroxylation is 2. The summed E-state index contributed by atoms with van der Waals surface area (Å²) in [5, 5.41) is 7.20. The number of aromatic nitrogens is 2. The first-order valence-corrected chi connectivity index (χ1v) is 5.54. The van der Waals surface area contributed by atoms with Crippen LogP contribution in [-0.2, 0) is 0 Å². The SMILES string of the molecule is Cc1ccccc1-c1c(I)n[nH]c1C. The molecule has 2 nitrogen and oxygen atoms in total. The largest absolute Gasteiger partial charge is 0.281 e. The molecule has 0 amide bonds. The second kappa shape index (κ2) is 3.73. The third kappa shape index (κ3) is 1.56. The molecule has 0 aliphatic carbocycles. The molecule has 0 bridgehead atoms. The lowest BCUT2D eigenvalue weighted by Crippen LogP contribution is -1.85. The first-order valence-electron chi connectivity index (χ1n) is 4.46. The Morgan fingerprint density at radius 2 is 1.93 bits per heavy atom. The fourth-order valence-electron chi connectivity index (χ4n) is 1.57. The van der Waals surface area contributed by atoms with E-state index in [0.29, 0.717) is 0 Å². The summed E-state index contributed by atoms with van der Waals surface area (Å²) in [6, 6.07) is 8.37. The monoisotopic (exact) mass is 298 g/mol. The van der Waals surface area contributed by atoms with Gasteiger partial charge in [0.05, 0.1) is 0 Å². The Labute approximate surface area is 96.9 Å². The third-order valence-corrected chi connectivity index (χ3v) is 3.10. The quantitative estimate of drug-likeness (QED) is 0.804. The minimum atomic E-state index is 1.04. The molecule has 3 heteroatoms. The van der Waals surface area contributed by atoms with Crippen LogP contribution in [-0.4, -0.2) is 10.2 Å². The Morgan fingerprint density at radius 3 is 2.50 bits per heavy atom. The molecule has 1 heterocycles. The lowest BCUT2D eigenvalue weighted by Gasteiger charge is -2.04. The van der Waals surface area contributed by atoms with Gasteiger partial charge in [0, 0.05) is 11.3 Å². The van der Waals surface area contributed by atoms with Crippen molar-refractivity contribution >= 4 is 22.6 Å². The van der Waals surface area contributed by atoms with Crippen molar-refractivity contribution in [2.75, 3.05) is 0 Å². The van der Waals surface area contributed by atoms with Gasteiger partial charge < -0.3 is 0 Å². The molecule has 1 aromatic carbocycles. The molecule has 1 N–H and O–H groups in total. The lowest BCUT2D eigenvalue weighted by molar-refractivity contribution is 1.03. The van der Waals surface area contributed by atoms with E-state index < -0.39 is 0 Å². The Hall–Kier alpha value is -0.840. The molecule has 0 aliphatic heterocycles. The van der Waals surface area contributed by atoms with Crippen molar-refractivity contribution in [3.63, 3.8) is 0 Å². The molecule has 72 valence electrons. The zero-order chi connectivity index (χ0) is 10.1. The number of hydrogen-bond donors (Lipinski definition) is 1. The first kappa shape index (κ1) is 9.71. The Kier molecular flexibility index (Phi) is 2.58. The van der Waals surface area contributed by atoms with Gasteiger partial charge in [0.1, 0.15) is 3.70 Å². The Bertz CT molecular complexity index is 441. The predicted molar refractivity (Wildman–Crippen MR) is 66.2 cm³/mol. The van der Waals surface area contributed by atoms with Gasteiger partial charge in [0.25, 0.3) is 0 Å². The molecule has 0 fully saturated rings. The smallest absolute Gasteiger partial charge is 0.131 e. The van der Waals surface area contributed by atoms with Crippen LogP contribution in [0.25, 0.3) is 11.1 Å². The van der Waals surface area contributed by atoms with Crippen LogP contribution in [0.3, 0.4) is 0 Å². The summed E-state index contributed by atoms with van der Waals surface area (Å²) in [4.78, 5) is 0. The van der Waals surface area contributed by atoms with Gasteiger partial charge in [-0.25, -0.2) is 0 Å². The van der Waals surface area contributed by atoms with E-state index in [2.05, 4.69) is 70.9 Å². The van der Waals surface area contributed by atoms with Crippen LogP contribution in [0.15, 0.2) is 24.3 Å². The first-order chi connectivity index (χ1) is 6.70. The number of nitrogens with zero attached hydrogens (tertiary/aromatic N) is 1. The highest BCUT2D eigenvalue weighted by molar-refractivity contribution is 14.1. The minimum absolute atomic E-state index is 1.04. The van der Waals surface area contributed by atoms with Gasteiger partial charge in [-0.3, -0.25) is 5.10 Å². The summed E-state index contributed by atoms with van der Waals surface area (Å²) in [5.74, 6) is 0. The van der Waals surface area contributed by atoms with Gasteiger partial charge >= 0.3 is 0 Å². The van der Waals surface area contributed by atoms with Crippen LogP contribution in [0, 0.1) is 17.5 Å². The Morgan fingerprint density at radius 1 is 1.21 bits per heavy atom. The van der Waals surface area contributed by atoms with E-state index in [4.69, 9.17) is 0 Å². The molecule has 2 aromatic rings. The van der Waals surface area contributed by atoms with Crippen molar-refractivity contribution in [3.05, 3.63) is 39.2 Å². The molecular formula is C11H11IN2. The van der Waals surface area contributed by atoms with Gasteiger partial charge in [-0.2, -0.15) is 5.10 Å². The van der Waals surface area contributed by atoms with Crippen LogP contribution in [0.1, 0.15) is 11.3 Å². The van der Waals surface area contributed by atoms with Crippen molar-refractivity contribution in [1.29, 1.82) is 0 Å². The van der Waals surface area contributed by atoms with E-state index in [1.807, 2.05) is 0 Å². The van der Waals surface area contributed by atoms with Crippen LogP contribution >= 0.6 is 22.6 Å². The summed E-state index contributed by atoms with van der Waals surface area (Å²) in [7, 11) is 0. The Balaban J connectivity index is 2.66. The van der Waals surface area contributed by atoms with E-state index in [1.54, 1.807) is 0 Å². The van der Waals surface area contributed by atoms with E-state index >= 15 is 0 Å². The van der Waals surface area contributed by atoms with E-state index in [0.717, 1.165) is 9.39 Å². The van der Waals surface area contributed by atoms with Crippen LogP contribution < -0.4 is 0 Å². The second-order valence-electron chi connectivity index (χ2n) is 3.33. The number of nitrogens with one attached hydrogen (secondary N) is 1. The maximum atomic E-state index is 4.20. The summed E-state index contributed by atoms with van der Waals surface area (Å²) in [5.41, 5.74) is 4.91. The molecular weight excluding hydrogens is 287 g/mol. The van der Waals surface area contributed by atoms with Crippen molar-refractivity contribution in [2.45, 2.75) is 13.8 Å². The van der Waals surface area contributed by atoms with E-state index in [1.165, 1.54) is 16.7 Å². The lowest BCUT2D eigenvalue weighted by atomic mass is 10.0. The molecule has 0 unspecified atom stereocenters. The average molecular weight is 298 g/mol. The minimum Gasteiger partial charge on any atom is -0.281 e. The van der Waals surface area contributed by atoms with Crippen LogP contribution in [0.4, 0.5) is 0 Å². The molecule has 0 spiro atoms. The van der Waals surface area contributed by atoms with Crippen molar-refractivity contribution in [1.82, 2.24) is 10.2 Å². The molecule has 0 saturated carbocycles. The molecule has 1 aromatic heterocycles. The summed E-state index contributed by atoms with van der Waals surface area (Å²) in [6.45, 7) is 4.18. The van der Waals surface area contributed by atoms with Crippen molar-refractivity contribution < 1.29 is 0 Å². The zero-order valence-electron chi connectivity index (χ0n) is 8.13. The molecule has 2 rings (SSSR count). The normalized spacial score (nSPS) is 10.5. The van der Waals surface area contributed by atoms with Crippen LogP contribution in [0.2, 0.25) is 0 Å².